The predicted molar refractivity (Wildman–Crippen MR) is 97.6 cm³/mol. The number of hydrogen-bond acceptors (Lipinski definition) is 3. The van der Waals surface area contributed by atoms with E-state index in [4.69, 9.17) is 28.6 Å². The van der Waals surface area contributed by atoms with E-state index >= 15 is 0 Å². The molecule has 2 aromatic carbocycles. The zero-order chi connectivity index (χ0) is 17.0. The van der Waals surface area contributed by atoms with Crippen molar-refractivity contribution >= 4 is 40.5 Å². The molecule has 120 valence electrons. The standard InChI is InChI=1S/C17H17ClN2O2S/c1-10-6-11(2)8-13(7-10)19-17(23)20-16(21)12-4-5-15(22-3)14(18)9-12/h4-9H,1-3H3,(H2,19,20,21,23). The molecule has 0 spiro atoms. The minimum atomic E-state index is -0.337. The number of nitrogens with one attached hydrogen (secondary N) is 2. The zero-order valence-electron chi connectivity index (χ0n) is 13.1. The van der Waals surface area contributed by atoms with Gasteiger partial charge in [-0.2, -0.15) is 0 Å². The molecule has 2 aromatic rings. The molecule has 4 nitrogen and oxygen atoms in total. The summed E-state index contributed by atoms with van der Waals surface area (Å²) >= 11 is 11.2. The van der Waals surface area contributed by atoms with Crippen LogP contribution in [0.1, 0.15) is 21.5 Å². The number of ether oxygens (including phenoxy) is 1. The Hall–Kier alpha value is -2.11. The third-order valence-corrected chi connectivity index (χ3v) is 3.62. The monoisotopic (exact) mass is 348 g/mol. The first-order valence-corrected chi connectivity index (χ1v) is 7.72. The van der Waals surface area contributed by atoms with Crippen LogP contribution in [0.3, 0.4) is 0 Å². The molecule has 0 atom stereocenters. The summed E-state index contributed by atoms with van der Waals surface area (Å²) in [6, 6.07) is 10.8. The summed E-state index contributed by atoms with van der Waals surface area (Å²) in [6.07, 6.45) is 0. The van der Waals surface area contributed by atoms with Gasteiger partial charge in [0, 0.05) is 11.3 Å². The van der Waals surface area contributed by atoms with E-state index in [-0.39, 0.29) is 11.0 Å². The molecule has 2 rings (SSSR count). The van der Waals surface area contributed by atoms with Crippen molar-refractivity contribution in [3.05, 3.63) is 58.1 Å². The third kappa shape index (κ3) is 4.68. The summed E-state index contributed by atoms with van der Waals surface area (Å²) in [7, 11) is 1.52. The van der Waals surface area contributed by atoms with Gasteiger partial charge in [-0.25, -0.2) is 0 Å². The Morgan fingerprint density at radius 1 is 1.13 bits per heavy atom. The average molecular weight is 349 g/mol. The summed E-state index contributed by atoms with van der Waals surface area (Å²) < 4.78 is 5.06. The molecule has 0 heterocycles. The summed E-state index contributed by atoms with van der Waals surface area (Å²) in [5.74, 6) is 0.176. The highest BCUT2D eigenvalue weighted by molar-refractivity contribution is 7.80. The van der Waals surface area contributed by atoms with Crippen LogP contribution in [0.4, 0.5) is 5.69 Å². The quantitative estimate of drug-likeness (QED) is 0.820. The number of carbonyl (C=O) groups excluding carboxylic acids is 1. The van der Waals surface area contributed by atoms with Crippen LogP contribution in [0.15, 0.2) is 36.4 Å². The first-order valence-electron chi connectivity index (χ1n) is 6.93. The molecule has 2 N–H and O–H groups in total. The Balaban J connectivity index is 2.04. The highest BCUT2D eigenvalue weighted by Crippen LogP contribution is 2.24. The lowest BCUT2D eigenvalue weighted by molar-refractivity contribution is 0.0977. The average Bonchev–Trinajstić information content (AvgIpc) is 2.45. The number of aryl methyl sites for hydroxylation is 2. The van der Waals surface area contributed by atoms with Crippen LogP contribution in [0, 0.1) is 13.8 Å². The van der Waals surface area contributed by atoms with Crippen molar-refractivity contribution in [2.24, 2.45) is 0 Å². The van der Waals surface area contributed by atoms with Crippen molar-refractivity contribution in [2.45, 2.75) is 13.8 Å². The van der Waals surface area contributed by atoms with Crippen LogP contribution in [0.25, 0.3) is 0 Å². The van der Waals surface area contributed by atoms with Crippen molar-refractivity contribution in [1.82, 2.24) is 5.32 Å². The smallest absolute Gasteiger partial charge is 0.257 e. The van der Waals surface area contributed by atoms with Crippen LogP contribution in [-0.4, -0.2) is 18.1 Å². The van der Waals surface area contributed by atoms with E-state index < -0.39 is 0 Å². The lowest BCUT2D eigenvalue weighted by Gasteiger charge is -2.11. The molecular weight excluding hydrogens is 332 g/mol. The van der Waals surface area contributed by atoms with E-state index in [1.807, 2.05) is 26.0 Å². The molecule has 0 radical (unpaired) electrons. The molecule has 0 unspecified atom stereocenters. The van der Waals surface area contributed by atoms with Gasteiger partial charge in [0.1, 0.15) is 5.75 Å². The van der Waals surface area contributed by atoms with Gasteiger partial charge in [-0.3, -0.25) is 10.1 Å². The number of hydrogen-bond donors (Lipinski definition) is 2. The second kappa shape index (κ2) is 7.44. The molecule has 0 aromatic heterocycles. The number of halogens is 1. The van der Waals surface area contributed by atoms with Gasteiger partial charge in [0.25, 0.3) is 5.91 Å². The topological polar surface area (TPSA) is 50.4 Å². The van der Waals surface area contributed by atoms with E-state index in [9.17, 15) is 4.79 Å². The summed E-state index contributed by atoms with van der Waals surface area (Å²) in [6.45, 7) is 4.00. The molecule has 23 heavy (non-hydrogen) atoms. The Kier molecular flexibility index (Phi) is 5.58. The number of anilines is 1. The third-order valence-electron chi connectivity index (χ3n) is 3.12. The molecule has 0 saturated heterocycles. The van der Waals surface area contributed by atoms with Crippen LogP contribution >= 0.6 is 23.8 Å². The minimum Gasteiger partial charge on any atom is -0.495 e. The fourth-order valence-electron chi connectivity index (χ4n) is 2.19. The molecule has 0 fully saturated rings. The van der Waals surface area contributed by atoms with E-state index in [0.29, 0.717) is 16.3 Å². The second-order valence-electron chi connectivity index (χ2n) is 5.13. The SMILES string of the molecule is COc1ccc(C(=O)NC(=S)Nc2cc(C)cc(C)c2)cc1Cl. The summed E-state index contributed by atoms with van der Waals surface area (Å²) in [5, 5.41) is 6.23. The van der Waals surface area contributed by atoms with E-state index in [0.717, 1.165) is 16.8 Å². The highest BCUT2D eigenvalue weighted by atomic mass is 35.5. The lowest BCUT2D eigenvalue weighted by atomic mass is 10.1. The molecule has 0 saturated carbocycles. The molecule has 0 bridgehead atoms. The number of methoxy groups -OCH3 is 1. The Morgan fingerprint density at radius 3 is 2.35 bits per heavy atom. The largest absolute Gasteiger partial charge is 0.495 e. The maximum absolute atomic E-state index is 12.2. The highest BCUT2D eigenvalue weighted by Gasteiger charge is 2.11. The number of rotatable bonds is 3. The Morgan fingerprint density at radius 2 is 1.78 bits per heavy atom. The Labute approximate surface area is 145 Å². The fourth-order valence-corrected chi connectivity index (χ4v) is 2.66. The van der Waals surface area contributed by atoms with Crippen molar-refractivity contribution in [2.75, 3.05) is 12.4 Å². The number of amides is 1. The lowest BCUT2D eigenvalue weighted by Crippen LogP contribution is -2.34. The number of thiocarbonyl (C=S) groups is 1. The van der Waals surface area contributed by atoms with Gasteiger partial charge in [0.2, 0.25) is 0 Å². The minimum absolute atomic E-state index is 0.229. The van der Waals surface area contributed by atoms with Gasteiger partial charge in [-0.05, 0) is 67.5 Å². The van der Waals surface area contributed by atoms with E-state index in [1.54, 1.807) is 12.1 Å². The van der Waals surface area contributed by atoms with Crippen LogP contribution in [-0.2, 0) is 0 Å². The van der Waals surface area contributed by atoms with Crippen molar-refractivity contribution < 1.29 is 9.53 Å². The molecule has 0 aliphatic carbocycles. The maximum atomic E-state index is 12.2. The van der Waals surface area contributed by atoms with Gasteiger partial charge in [0.15, 0.2) is 5.11 Å². The molecule has 0 aliphatic heterocycles. The Bertz CT molecular complexity index is 742. The predicted octanol–water partition coefficient (Wildman–Crippen LogP) is 4.09. The van der Waals surface area contributed by atoms with Crippen LogP contribution < -0.4 is 15.4 Å². The van der Waals surface area contributed by atoms with Crippen LogP contribution in [0.2, 0.25) is 5.02 Å². The zero-order valence-corrected chi connectivity index (χ0v) is 14.6. The van der Waals surface area contributed by atoms with Crippen molar-refractivity contribution in [3.63, 3.8) is 0 Å². The van der Waals surface area contributed by atoms with E-state index in [2.05, 4.69) is 16.7 Å². The van der Waals surface area contributed by atoms with Crippen LogP contribution in [0.5, 0.6) is 5.75 Å². The maximum Gasteiger partial charge on any atom is 0.257 e. The first-order chi connectivity index (χ1) is 10.9. The van der Waals surface area contributed by atoms with Gasteiger partial charge in [-0.1, -0.05) is 17.7 Å². The molecular formula is C17H17ClN2O2S. The fraction of sp³-hybridized carbons (Fsp3) is 0.176. The van der Waals surface area contributed by atoms with Crippen molar-refractivity contribution in [3.8, 4) is 5.75 Å². The van der Waals surface area contributed by atoms with E-state index in [1.165, 1.54) is 13.2 Å². The van der Waals surface area contributed by atoms with Gasteiger partial charge in [0.05, 0.1) is 12.1 Å². The van der Waals surface area contributed by atoms with Gasteiger partial charge in [-0.15, -0.1) is 0 Å². The first kappa shape index (κ1) is 17.2. The number of benzene rings is 2. The second-order valence-corrected chi connectivity index (χ2v) is 5.95. The molecule has 0 aliphatic rings. The van der Waals surface area contributed by atoms with Crippen molar-refractivity contribution in [1.29, 1.82) is 0 Å². The molecule has 1 amide bonds. The number of carbonyl (C=O) groups is 1. The normalized spacial score (nSPS) is 10.1. The molecule has 6 heteroatoms. The summed E-state index contributed by atoms with van der Waals surface area (Å²) in [4.78, 5) is 12.2. The van der Waals surface area contributed by atoms with Gasteiger partial charge < -0.3 is 10.1 Å². The summed E-state index contributed by atoms with van der Waals surface area (Å²) in [5.41, 5.74) is 3.47. The van der Waals surface area contributed by atoms with Gasteiger partial charge >= 0.3 is 0 Å².